The number of hydrogen-bond acceptors (Lipinski definition) is 4. The minimum absolute atomic E-state index is 0.0216. The number of carbonyl (C=O) groups is 1. The van der Waals surface area contributed by atoms with Gasteiger partial charge in [0, 0.05) is 31.4 Å². The zero-order chi connectivity index (χ0) is 21.2. The number of nitrogens with zero attached hydrogens (tertiary/aromatic N) is 2. The van der Waals surface area contributed by atoms with Crippen molar-refractivity contribution in [2.24, 2.45) is 12.8 Å². The molecule has 29 heavy (non-hydrogen) atoms. The number of alkyl halides is 3. The molecular weight excluding hydrogens is 385 g/mol. The van der Waals surface area contributed by atoms with Crippen LogP contribution in [0, 0.1) is 6.92 Å². The molecule has 154 valence electrons. The number of aryl methyl sites for hydroxylation is 2. The normalized spacial score (nSPS) is 12.8. The van der Waals surface area contributed by atoms with Crippen LogP contribution in [0.5, 0.6) is 0 Å². The van der Waals surface area contributed by atoms with E-state index in [2.05, 4.69) is 10.4 Å². The largest absolute Gasteiger partial charge is 0.455 e. The van der Waals surface area contributed by atoms with E-state index in [-0.39, 0.29) is 24.3 Å². The molecule has 1 atom stereocenters. The van der Waals surface area contributed by atoms with Crippen molar-refractivity contribution in [3.63, 3.8) is 0 Å². The summed E-state index contributed by atoms with van der Waals surface area (Å²) in [6.45, 7) is 1.70. The Morgan fingerprint density at radius 1 is 1.31 bits per heavy atom. The van der Waals surface area contributed by atoms with Crippen LogP contribution < -0.4 is 11.1 Å². The number of furan rings is 1. The van der Waals surface area contributed by atoms with Gasteiger partial charge in [-0.25, -0.2) is 0 Å². The van der Waals surface area contributed by atoms with Crippen LogP contribution in [0.15, 0.2) is 47.0 Å². The second-order valence-electron chi connectivity index (χ2n) is 6.69. The van der Waals surface area contributed by atoms with Crippen LogP contribution in [0.2, 0.25) is 0 Å². The van der Waals surface area contributed by atoms with E-state index in [1.807, 2.05) is 0 Å². The van der Waals surface area contributed by atoms with Gasteiger partial charge in [0.25, 0.3) is 5.91 Å². The second-order valence-corrected chi connectivity index (χ2v) is 6.69. The number of halogens is 3. The van der Waals surface area contributed by atoms with Gasteiger partial charge >= 0.3 is 6.18 Å². The molecule has 6 nitrogen and oxygen atoms in total. The fraction of sp³-hybridized carbons (Fsp3) is 0.300. The lowest BCUT2D eigenvalue weighted by Gasteiger charge is -2.19. The number of rotatable bonds is 6. The summed E-state index contributed by atoms with van der Waals surface area (Å²) in [6, 6.07) is 7.94. The first-order valence-corrected chi connectivity index (χ1v) is 8.95. The molecule has 0 aliphatic carbocycles. The van der Waals surface area contributed by atoms with Crippen molar-refractivity contribution < 1.29 is 22.4 Å². The van der Waals surface area contributed by atoms with E-state index in [1.54, 1.807) is 37.0 Å². The summed E-state index contributed by atoms with van der Waals surface area (Å²) in [5, 5.41) is 6.75. The van der Waals surface area contributed by atoms with Gasteiger partial charge in [0.05, 0.1) is 11.3 Å². The minimum atomic E-state index is -4.48. The first-order chi connectivity index (χ1) is 13.7. The fourth-order valence-electron chi connectivity index (χ4n) is 3.18. The Balaban J connectivity index is 1.77. The highest BCUT2D eigenvalue weighted by Gasteiger charge is 2.33. The van der Waals surface area contributed by atoms with E-state index in [1.165, 1.54) is 18.2 Å². The molecule has 1 aromatic carbocycles. The average molecular weight is 406 g/mol. The Morgan fingerprint density at radius 2 is 2.03 bits per heavy atom. The summed E-state index contributed by atoms with van der Waals surface area (Å²) < 4.78 is 46.8. The third-order valence-electron chi connectivity index (χ3n) is 4.65. The Bertz CT molecular complexity index is 1010. The molecule has 0 bridgehead atoms. The number of nitrogens with two attached hydrogens (primary N) is 1. The predicted molar refractivity (Wildman–Crippen MR) is 101 cm³/mol. The molecule has 0 spiro atoms. The standard InChI is InChI=1S/C20H21F3N4O2/c1-12-15(17-7-8-25-27(17)2)10-18(29-12)19(28)26-14(11-24)9-13-5-3-4-6-16(13)20(21,22)23/h3-8,10,14H,9,11,24H2,1-2H3,(H,26,28). The summed E-state index contributed by atoms with van der Waals surface area (Å²) in [6.07, 6.45) is -2.90. The maximum atomic E-state index is 13.2. The third-order valence-corrected chi connectivity index (χ3v) is 4.65. The van der Waals surface area contributed by atoms with Crippen molar-refractivity contribution >= 4 is 5.91 Å². The van der Waals surface area contributed by atoms with Gasteiger partial charge in [0.15, 0.2) is 5.76 Å². The summed E-state index contributed by atoms with van der Waals surface area (Å²) in [7, 11) is 1.77. The van der Waals surface area contributed by atoms with Crippen LogP contribution in [0.3, 0.4) is 0 Å². The molecule has 3 aromatic rings. The van der Waals surface area contributed by atoms with Crippen molar-refractivity contribution in [3.05, 3.63) is 65.2 Å². The zero-order valence-electron chi connectivity index (χ0n) is 16.0. The maximum Gasteiger partial charge on any atom is 0.416 e. The molecule has 1 amide bonds. The molecule has 3 N–H and O–H groups in total. The summed E-state index contributed by atoms with van der Waals surface area (Å²) in [5.74, 6) is 0.0492. The lowest BCUT2D eigenvalue weighted by atomic mass is 9.99. The maximum absolute atomic E-state index is 13.2. The van der Waals surface area contributed by atoms with Crippen molar-refractivity contribution in [1.82, 2.24) is 15.1 Å². The van der Waals surface area contributed by atoms with Crippen LogP contribution in [0.1, 0.15) is 27.4 Å². The third kappa shape index (κ3) is 4.51. The van der Waals surface area contributed by atoms with Crippen LogP contribution in [0.25, 0.3) is 11.3 Å². The van der Waals surface area contributed by atoms with E-state index in [0.717, 1.165) is 11.8 Å². The SMILES string of the molecule is Cc1oc(C(=O)NC(CN)Cc2ccccc2C(F)(F)F)cc1-c1ccnn1C. The molecule has 0 aliphatic rings. The fourth-order valence-corrected chi connectivity index (χ4v) is 3.18. The Morgan fingerprint density at radius 3 is 2.66 bits per heavy atom. The number of benzene rings is 1. The molecular formula is C20H21F3N4O2. The lowest BCUT2D eigenvalue weighted by molar-refractivity contribution is -0.138. The van der Waals surface area contributed by atoms with Crippen LogP contribution in [-0.4, -0.2) is 28.3 Å². The topological polar surface area (TPSA) is 86.1 Å². The molecule has 1 unspecified atom stereocenters. The molecule has 3 rings (SSSR count). The van der Waals surface area contributed by atoms with Gasteiger partial charge in [-0.2, -0.15) is 18.3 Å². The Labute approximate surface area is 165 Å². The van der Waals surface area contributed by atoms with Crippen molar-refractivity contribution in [1.29, 1.82) is 0 Å². The number of amides is 1. The smallest absolute Gasteiger partial charge is 0.416 e. The summed E-state index contributed by atoms with van der Waals surface area (Å²) >= 11 is 0. The molecule has 9 heteroatoms. The first-order valence-electron chi connectivity index (χ1n) is 8.95. The number of carbonyl (C=O) groups excluding carboxylic acids is 1. The van der Waals surface area contributed by atoms with Gasteiger partial charge in [-0.3, -0.25) is 9.48 Å². The Kier molecular flexibility index (Phi) is 5.78. The number of hydrogen-bond donors (Lipinski definition) is 2. The molecule has 2 heterocycles. The summed E-state index contributed by atoms with van der Waals surface area (Å²) in [5.41, 5.74) is 6.52. The second kappa shape index (κ2) is 8.12. The van der Waals surface area contributed by atoms with Gasteiger partial charge in [0.2, 0.25) is 0 Å². The van der Waals surface area contributed by atoms with E-state index in [9.17, 15) is 18.0 Å². The van der Waals surface area contributed by atoms with Crippen molar-refractivity contribution in [2.45, 2.75) is 25.6 Å². The highest BCUT2D eigenvalue weighted by Crippen LogP contribution is 2.32. The monoisotopic (exact) mass is 406 g/mol. The number of aromatic nitrogens is 2. The van der Waals surface area contributed by atoms with Gasteiger partial charge < -0.3 is 15.5 Å². The minimum Gasteiger partial charge on any atom is -0.455 e. The van der Waals surface area contributed by atoms with Gasteiger partial charge in [0.1, 0.15) is 5.76 Å². The molecule has 0 fully saturated rings. The molecule has 0 radical (unpaired) electrons. The number of nitrogens with one attached hydrogen (secondary N) is 1. The van der Waals surface area contributed by atoms with Crippen LogP contribution in [0.4, 0.5) is 13.2 Å². The Hall–Kier alpha value is -3.07. The quantitative estimate of drug-likeness (QED) is 0.658. The van der Waals surface area contributed by atoms with Crippen molar-refractivity contribution in [2.75, 3.05) is 6.54 Å². The van der Waals surface area contributed by atoms with Gasteiger partial charge in [-0.05, 0) is 37.1 Å². The van der Waals surface area contributed by atoms with Crippen LogP contribution >= 0.6 is 0 Å². The lowest BCUT2D eigenvalue weighted by Crippen LogP contribution is -2.42. The van der Waals surface area contributed by atoms with E-state index in [0.29, 0.717) is 11.3 Å². The molecule has 0 saturated carbocycles. The molecule has 0 saturated heterocycles. The molecule has 0 aliphatic heterocycles. The first kappa shape index (κ1) is 20.7. The highest BCUT2D eigenvalue weighted by atomic mass is 19.4. The van der Waals surface area contributed by atoms with Crippen LogP contribution in [-0.2, 0) is 19.6 Å². The van der Waals surface area contributed by atoms with Gasteiger partial charge in [-0.15, -0.1) is 0 Å². The predicted octanol–water partition coefficient (Wildman–Crippen LogP) is 3.31. The van der Waals surface area contributed by atoms with E-state index >= 15 is 0 Å². The van der Waals surface area contributed by atoms with Crippen molar-refractivity contribution in [3.8, 4) is 11.3 Å². The molecule has 2 aromatic heterocycles. The highest BCUT2D eigenvalue weighted by molar-refractivity contribution is 5.93. The average Bonchev–Trinajstić information content (AvgIpc) is 3.25. The zero-order valence-corrected chi connectivity index (χ0v) is 16.0. The van der Waals surface area contributed by atoms with Gasteiger partial charge in [-0.1, -0.05) is 18.2 Å². The van der Waals surface area contributed by atoms with E-state index < -0.39 is 23.7 Å². The summed E-state index contributed by atoms with van der Waals surface area (Å²) in [4.78, 5) is 12.6. The van der Waals surface area contributed by atoms with E-state index in [4.69, 9.17) is 10.2 Å².